The van der Waals surface area contributed by atoms with Crippen molar-refractivity contribution in [2.24, 2.45) is 5.92 Å². The van der Waals surface area contributed by atoms with Gasteiger partial charge in [-0.2, -0.15) is 0 Å². The van der Waals surface area contributed by atoms with Crippen molar-refractivity contribution in [3.63, 3.8) is 0 Å². The molecule has 1 fully saturated rings. The van der Waals surface area contributed by atoms with E-state index in [2.05, 4.69) is 0 Å². The summed E-state index contributed by atoms with van der Waals surface area (Å²) in [6.45, 7) is 3.76. The molecule has 1 heterocycles. The maximum Gasteiger partial charge on any atom is 0.226 e. The van der Waals surface area contributed by atoms with Crippen molar-refractivity contribution in [3.05, 3.63) is 35.9 Å². The molecule has 2 atom stereocenters. The second-order valence-electron chi connectivity index (χ2n) is 5.11. The summed E-state index contributed by atoms with van der Waals surface area (Å²) in [5.41, 5.74) is 1.12. The summed E-state index contributed by atoms with van der Waals surface area (Å²) in [4.78, 5) is 25.2. The van der Waals surface area contributed by atoms with E-state index in [0.29, 0.717) is 0 Å². The first-order valence-electron chi connectivity index (χ1n) is 6.47. The van der Waals surface area contributed by atoms with Crippen LogP contribution in [0, 0.1) is 5.92 Å². The number of amides is 1. The molecule has 2 rings (SSSR count). The van der Waals surface area contributed by atoms with Crippen LogP contribution in [0.2, 0.25) is 0 Å². The van der Waals surface area contributed by atoms with Crippen molar-refractivity contribution < 1.29 is 9.59 Å². The Labute approximate surface area is 108 Å². The number of benzene rings is 1. The lowest BCUT2D eigenvalue weighted by atomic mass is 10.0. The van der Waals surface area contributed by atoms with E-state index in [1.807, 2.05) is 44.2 Å². The van der Waals surface area contributed by atoms with E-state index in [9.17, 15) is 9.59 Å². The number of hydrogen-bond donors (Lipinski definition) is 0. The molecule has 0 N–H and O–H groups in total. The zero-order valence-electron chi connectivity index (χ0n) is 10.9. The summed E-state index contributed by atoms with van der Waals surface area (Å²) in [5, 5.41) is 0. The highest BCUT2D eigenvalue weighted by Crippen LogP contribution is 2.36. The van der Waals surface area contributed by atoms with Crippen LogP contribution in [0.3, 0.4) is 0 Å². The first-order chi connectivity index (χ1) is 8.65. The van der Waals surface area contributed by atoms with Gasteiger partial charge in [0.15, 0.2) is 0 Å². The first-order valence-corrected chi connectivity index (χ1v) is 6.47. The molecule has 18 heavy (non-hydrogen) atoms. The summed E-state index contributed by atoms with van der Waals surface area (Å²) in [5.74, 6) is -0.00443. The molecule has 2 unspecified atom stereocenters. The average Bonchev–Trinajstić information content (AvgIpc) is 2.82. The fraction of sp³-hybridized carbons (Fsp3) is 0.467. The molecule has 1 aliphatic rings. The molecule has 0 spiro atoms. The van der Waals surface area contributed by atoms with Crippen LogP contribution in [0.15, 0.2) is 30.3 Å². The largest absolute Gasteiger partial charge is 0.326 e. The van der Waals surface area contributed by atoms with Crippen LogP contribution in [-0.2, 0) is 9.59 Å². The highest BCUT2D eigenvalue weighted by molar-refractivity contribution is 5.82. The number of aldehydes is 1. The van der Waals surface area contributed by atoms with Gasteiger partial charge in [0.25, 0.3) is 0 Å². The van der Waals surface area contributed by atoms with Crippen LogP contribution in [0.25, 0.3) is 0 Å². The van der Waals surface area contributed by atoms with Gasteiger partial charge in [-0.25, -0.2) is 0 Å². The number of rotatable bonds is 3. The molecular formula is C15H19NO2. The topological polar surface area (TPSA) is 37.4 Å². The minimum Gasteiger partial charge on any atom is -0.326 e. The van der Waals surface area contributed by atoms with Crippen molar-refractivity contribution in [3.8, 4) is 0 Å². The van der Waals surface area contributed by atoms with E-state index in [0.717, 1.165) is 24.7 Å². The smallest absolute Gasteiger partial charge is 0.226 e. The Bertz CT molecular complexity index is 427. The molecule has 3 nitrogen and oxygen atoms in total. The fourth-order valence-electron chi connectivity index (χ4n) is 2.59. The summed E-state index contributed by atoms with van der Waals surface area (Å²) in [7, 11) is 0. The van der Waals surface area contributed by atoms with E-state index >= 15 is 0 Å². The zero-order chi connectivity index (χ0) is 13.1. The molecule has 1 saturated heterocycles. The van der Waals surface area contributed by atoms with Gasteiger partial charge in [-0.15, -0.1) is 0 Å². The Kier molecular flexibility index (Phi) is 3.80. The van der Waals surface area contributed by atoms with Crippen molar-refractivity contribution in [1.29, 1.82) is 0 Å². The van der Waals surface area contributed by atoms with Gasteiger partial charge in [-0.1, -0.05) is 44.2 Å². The van der Waals surface area contributed by atoms with Crippen LogP contribution in [-0.4, -0.2) is 23.1 Å². The van der Waals surface area contributed by atoms with Crippen LogP contribution >= 0.6 is 0 Å². The molecule has 0 radical (unpaired) electrons. The lowest BCUT2D eigenvalue weighted by Gasteiger charge is -2.29. The van der Waals surface area contributed by atoms with E-state index in [1.165, 1.54) is 0 Å². The maximum absolute atomic E-state index is 12.3. The second kappa shape index (κ2) is 5.34. The molecule has 3 heteroatoms. The van der Waals surface area contributed by atoms with Gasteiger partial charge in [-0.3, -0.25) is 4.79 Å². The van der Waals surface area contributed by atoms with Gasteiger partial charge in [0.2, 0.25) is 5.91 Å². The predicted octanol–water partition coefficient (Wildman–Crippen LogP) is 2.57. The lowest BCUT2D eigenvalue weighted by Crippen LogP contribution is -2.40. The number of likely N-dealkylation sites (tertiary alicyclic amines) is 1. The van der Waals surface area contributed by atoms with E-state index in [-0.39, 0.29) is 23.9 Å². The number of carbonyl (C=O) groups excluding carboxylic acids is 2. The SMILES string of the molecule is CC(C)C(=O)N1C(C=O)CCC1c1ccccc1. The van der Waals surface area contributed by atoms with Gasteiger partial charge < -0.3 is 9.69 Å². The Balaban J connectivity index is 2.30. The minimum absolute atomic E-state index is 0.0521. The van der Waals surface area contributed by atoms with Crippen molar-refractivity contribution in [2.75, 3.05) is 0 Å². The van der Waals surface area contributed by atoms with Crippen LogP contribution in [0.1, 0.15) is 38.3 Å². The predicted molar refractivity (Wildman–Crippen MR) is 70.0 cm³/mol. The zero-order valence-corrected chi connectivity index (χ0v) is 10.9. The average molecular weight is 245 g/mol. The minimum atomic E-state index is -0.259. The molecule has 0 aliphatic carbocycles. The van der Waals surface area contributed by atoms with Crippen molar-refractivity contribution >= 4 is 12.2 Å². The number of hydrogen-bond acceptors (Lipinski definition) is 2. The summed E-state index contributed by atoms with van der Waals surface area (Å²) in [6, 6.07) is 9.76. The third-order valence-electron chi connectivity index (χ3n) is 3.52. The van der Waals surface area contributed by atoms with E-state index in [4.69, 9.17) is 0 Å². The highest BCUT2D eigenvalue weighted by Gasteiger charge is 2.38. The molecule has 0 saturated carbocycles. The van der Waals surface area contributed by atoms with E-state index in [1.54, 1.807) is 4.90 Å². The molecule has 1 aliphatic heterocycles. The van der Waals surface area contributed by atoms with Crippen LogP contribution in [0.5, 0.6) is 0 Å². The van der Waals surface area contributed by atoms with Gasteiger partial charge in [0.05, 0.1) is 12.1 Å². The Morgan fingerprint density at radius 3 is 2.50 bits per heavy atom. The van der Waals surface area contributed by atoms with Crippen LogP contribution < -0.4 is 0 Å². The third-order valence-corrected chi connectivity index (χ3v) is 3.52. The third kappa shape index (κ3) is 2.30. The van der Waals surface area contributed by atoms with E-state index < -0.39 is 0 Å². The molecule has 96 valence electrons. The Morgan fingerprint density at radius 2 is 1.94 bits per heavy atom. The Morgan fingerprint density at radius 1 is 1.28 bits per heavy atom. The highest BCUT2D eigenvalue weighted by atomic mass is 16.2. The first kappa shape index (κ1) is 12.8. The maximum atomic E-state index is 12.3. The molecular weight excluding hydrogens is 226 g/mol. The quantitative estimate of drug-likeness (QED) is 0.767. The Hall–Kier alpha value is -1.64. The monoisotopic (exact) mass is 245 g/mol. The van der Waals surface area contributed by atoms with Crippen LogP contribution in [0.4, 0.5) is 0 Å². The molecule has 1 aromatic carbocycles. The molecule has 1 aromatic rings. The lowest BCUT2D eigenvalue weighted by molar-refractivity contribution is -0.139. The molecule has 0 bridgehead atoms. The summed E-state index contributed by atoms with van der Waals surface area (Å²) < 4.78 is 0. The fourth-order valence-corrected chi connectivity index (χ4v) is 2.59. The van der Waals surface area contributed by atoms with Crippen molar-refractivity contribution in [2.45, 2.75) is 38.8 Å². The van der Waals surface area contributed by atoms with Gasteiger partial charge in [0.1, 0.15) is 6.29 Å². The molecule has 1 amide bonds. The van der Waals surface area contributed by atoms with Gasteiger partial charge in [0, 0.05) is 5.92 Å². The standard InChI is InChI=1S/C15H19NO2/c1-11(2)15(18)16-13(10-17)8-9-14(16)12-6-4-3-5-7-12/h3-7,10-11,13-14H,8-9H2,1-2H3. The second-order valence-corrected chi connectivity index (χ2v) is 5.11. The van der Waals surface area contributed by atoms with Gasteiger partial charge in [-0.05, 0) is 18.4 Å². The number of nitrogens with zero attached hydrogens (tertiary/aromatic N) is 1. The summed E-state index contributed by atoms with van der Waals surface area (Å²) in [6.07, 6.45) is 2.54. The molecule has 0 aromatic heterocycles. The van der Waals surface area contributed by atoms with Gasteiger partial charge >= 0.3 is 0 Å². The summed E-state index contributed by atoms with van der Waals surface area (Å²) >= 11 is 0. The van der Waals surface area contributed by atoms with Crippen molar-refractivity contribution in [1.82, 2.24) is 4.90 Å². The normalized spacial score (nSPS) is 23.4. The number of carbonyl (C=O) groups is 2.